The maximum Gasteiger partial charge on any atom is 0.238 e. The van der Waals surface area contributed by atoms with E-state index in [1.54, 1.807) is 56.2 Å². The van der Waals surface area contributed by atoms with Gasteiger partial charge < -0.3 is 9.80 Å². The lowest BCUT2D eigenvalue weighted by Gasteiger charge is -2.23. The molecule has 3 rings (SSSR count). The lowest BCUT2D eigenvalue weighted by Crippen LogP contribution is -2.16. The Bertz CT molecular complexity index is 1110. The first-order valence-electron chi connectivity index (χ1n) is 9.01. The smallest absolute Gasteiger partial charge is 0.238 e. The van der Waals surface area contributed by atoms with Crippen molar-refractivity contribution in [2.45, 2.75) is 4.90 Å². The molecule has 0 radical (unpaired) electrons. The van der Waals surface area contributed by atoms with Crippen molar-refractivity contribution in [1.82, 2.24) is 0 Å². The van der Waals surface area contributed by atoms with Crippen LogP contribution in [0.5, 0.6) is 0 Å². The summed E-state index contributed by atoms with van der Waals surface area (Å²) in [6.07, 6.45) is 0. The minimum absolute atomic E-state index is 0.0309. The largest absolute Gasteiger partial charge is 0.375 e. The van der Waals surface area contributed by atoms with Gasteiger partial charge in [-0.2, -0.15) is 0 Å². The Morgan fingerprint density at radius 1 is 0.793 bits per heavy atom. The van der Waals surface area contributed by atoms with Crippen LogP contribution in [0.25, 0.3) is 22.3 Å². The Kier molecular flexibility index (Phi) is 5.64. The minimum Gasteiger partial charge on any atom is -0.375 e. The van der Waals surface area contributed by atoms with E-state index in [1.165, 1.54) is 6.07 Å². The van der Waals surface area contributed by atoms with Gasteiger partial charge in [-0.05, 0) is 34.9 Å². The maximum absolute atomic E-state index is 15.0. The number of halogens is 1. The fourth-order valence-electron chi connectivity index (χ4n) is 3.31. The number of hydrogen-bond acceptors (Lipinski definition) is 4. The highest BCUT2D eigenvalue weighted by Crippen LogP contribution is 2.40. The zero-order valence-corrected chi connectivity index (χ0v) is 17.7. The van der Waals surface area contributed by atoms with E-state index in [1.807, 2.05) is 36.4 Å². The molecule has 0 unspecified atom stereocenters. The van der Waals surface area contributed by atoms with Crippen molar-refractivity contribution in [2.24, 2.45) is 5.14 Å². The molecule has 3 aromatic carbocycles. The molecule has 0 atom stereocenters. The van der Waals surface area contributed by atoms with Gasteiger partial charge in [0.2, 0.25) is 10.0 Å². The summed E-state index contributed by atoms with van der Waals surface area (Å²) >= 11 is 0. The van der Waals surface area contributed by atoms with Crippen LogP contribution in [0.2, 0.25) is 0 Å². The Balaban J connectivity index is 2.41. The zero-order valence-electron chi connectivity index (χ0n) is 16.8. The van der Waals surface area contributed by atoms with Crippen LogP contribution in [0.15, 0.2) is 65.6 Å². The van der Waals surface area contributed by atoms with Crippen molar-refractivity contribution < 1.29 is 12.8 Å². The second-order valence-corrected chi connectivity index (χ2v) is 8.74. The van der Waals surface area contributed by atoms with Gasteiger partial charge in [0, 0.05) is 33.8 Å². The number of primary sulfonamides is 1. The molecular weight excluding hydrogens is 389 g/mol. The van der Waals surface area contributed by atoms with E-state index >= 15 is 0 Å². The summed E-state index contributed by atoms with van der Waals surface area (Å²) in [5, 5.41) is 5.52. The van der Waals surface area contributed by atoms with Crippen molar-refractivity contribution in [2.75, 3.05) is 38.0 Å². The normalized spacial score (nSPS) is 11.4. The van der Waals surface area contributed by atoms with Gasteiger partial charge in [0.05, 0.1) is 16.3 Å². The fraction of sp³-hybridized carbons (Fsp3) is 0.182. The van der Waals surface area contributed by atoms with Crippen LogP contribution in [0.4, 0.5) is 15.8 Å². The fourth-order valence-corrected chi connectivity index (χ4v) is 4.09. The molecule has 7 heteroatoms. The van der Waals surface area contributed by atoms with Gasteiger partial charge in [0.15, 0.2) is 5.82 Å². The molecule has 3 aromatic rings. The first-order chi connectivity index (χ1) is 13.6. The van der Waals surface area contributed by atoms with Crippen molar-refractivity contribution in [3.05, 3.63) is 66.5 Å². The number of anilines is 2. The number of hydrogen-bond donors (Lipinski definition) is 1. The van der Waals surface area contributed by atoms with E-state index in [2.05, 4.69) is 0 Å². The second-order valence-electron chi connectivity index (χ2n) is 7.21. The summed E-state index contributed by atoms with van der Waals surface area (Å²) in [5.41, 5.74) is 3.39. The van der Waals surface area contributed by atoms with E-state index in [0.29, 0.717) is 33.6 Å². The molecular formula is C22H24FN3O2S. The average Bonchev–Trinajstić information content (AvgIpc) is 2.67. The van der Waals surface area contributed by atoms with E-state index in [0.717, 1.165) is 0 Å². The quantitative estimate of drug-likeness (QED) is 0.688. The van der Waals surface area contributed by atoms with Gasteiger partial charge in [-0.1, -0.05) is 42.5 Å². The third-order valence-electron chi connectivity index (χ3n) is 4.70. The third kappa shape index (κ3) is 4.11. The summed E-state index contributed by atoms with van der Waals surface area (Å²) in [6, 6.07) is 17.6. The number of nitrogens with zero attached hydrogens (tertiary/aromatic N) is 2. The van der Waals surface area contributed by atoms with E-state index in [-0.39, 0.29) is 10.7 Å². The van der Waals surface area contributed by atoms with Crippen molar-refractivity contribution >= 4 is 21.4 Å². The second kappa shape index (κ2) is 7.85. The highest BCUT2D eigenvalue weighted by atomic mass is 32.2. The zero-order chi connectivity index (χ0) is 21.3. The van der Waals surface area contributed by atoms with Crippen LogP contribution in [-0.2, 0) is 10.0 Å². The molecule has 0 heterocycles. The van der Waals surface area contributed by atoms with Gasteiger partial charge in [-0.25, -0.2) is 17.9 Å². The van der Waals surface area contributed by atoms with Crippen LogP contribution in [0.1, 0.15) is 0 Å². The predicted octanol–water partition coefficient (Wildman–Crippen LogP) is 3.94. The first-order valence-corrected chi connectivity index (χ1v) is 10.6. The molecule has 152 valence electrons. The van der Waals surface area contributed by atoms with Crippen LogP contribution in [0, 0.1) is 5.82 Å². The molecule has 0 aliphatic rings. The van der Waals surface area contributed by atoms with E-state index in [9.17, 15) is 12.8 Å². The molecule has 0 aliphatic heterocycles. The van der Waals surface area contributed by atoms with Crippen LogP contribution >= 0.6 is 0 Å². The summed E-state index contributed by atoms with van der Waals surface area (Å²) in [4.78, 5) is 3.41. The molecule has 0 bridgehead atoms. The number of benzene rings is 3. The maximum atomic E-state index is 15.0. The van der Waals surface area contributed by atoms with Crippen LogP contribution < -0.4 is 14.9 Å². The van der Waals surface area contributed by atoms with E-state index in [4.69, 9.17) is 5.14 Å². The predicted molar refractivity (Wildman–Crippen MR) is 117 cm³/mol. The molecule has 0 aliphatic carbocycles. The molecule has 5 nitrogen and oxygen atoms in total. The van der Waals surface area contributed by atoms with E-state index < -0.39 is 10.0 Å². The lowest BCUT2D eigenvalue weighted by atomic mass is 9.93. The van der Waals surface area contributed by atoms with Gasteiger partial charge in [0.1, 0.15) is 0 Å². The highest BCUT2D eigenvalue weighted by molar-refractivity contribution is 7.89. The Morgan fingerprint density at radius 2 is 1.34 bits per heavy atom. The molecule has 2 N–H and O–H groups in total. The Labute approximate surface area is 171 Å². The van der Waals surface area contributed by atoms with Crippen molar-refractivity contribution in [3.8, 4) is 22.3 Å². The molecule has 0 fully saturated rings. The lowest BCUT2D eigenvalue weighted by molar-refractivity contribution is 0.598. The molecule has 0 saturated heterocycles. The Hall–Kier alpha value is -2.90. The first kappa shape index (κ1) is 20.8. The summed E-state index contributed by atoms with van der Waals surface area (Å²) in [6.45, 7) is 0. The Morgan fingerprint density at radius 3 is 1.83 bits per heavy atom. The minimum atomic E-state index is -3.97. The standard InChI is InChI=1S/C22H24FN3O2S/c1-25(2)18-13-16(14-19(22(18)23)26(3)4)17-11-8-12-20(29(24,27)28)21(17)15-9-6-5-7-10-15/h5-14H,1-4H3,(H2,24,27,28). The number of rotatable bonds is 5. The molecule has 0 saturated carbocycles. The molecule has 0 aromatic heterocycles. The van der Waals surface area contributed by atoms with Gasteiger partial charge in [0.25, 0.3) is 0 Å². The summed E-state index contributed by atoms with van der Waals surface area (Å²) < 4.78 is 39.6. The topological polar surface area (TPSA) is 66.6 Å². The highest BCUT2D eigenvalue weighted by Gasteiger charge is 2.22. The van der Waals surface area contributed by atoms with Crippen molar-refractivity contribution in [1.29, 1.82) is 0 Å². The summed E-state index contributed by atoms with van der Waals surface area (Å²) in [7, 11) is 3.09. The van der Waals surface area contributed by atoms with Crippen LogP contribution in [-0.4, -0.2) is 36.6 Å². The molecule has 29 heavy (non-hydrogen) atoms. The van der Waals surface area contributed by atoms with Gasteiger partial charge >= 0.3 is 0 Å². The van der Waals surface area contributed by atoms with Gasteiger partial charge in [-0.15, -0.1) is 0 Å². The monoisotopic (exact) mass is 413 g/mol. The summed E-state index contributed by atoms with van der Waals surface area (Å²) in [5.74, 6) is -0.340. The van der Waals surface area contributed by atoms with Crippen molar-refractivity contribution in [3.63, 3.8) is 0 Å². The number of nitrogens with two attached hydrogens (primary N) is 1. The third-order valence-corrected chi connectivity index (χ3v) is 5.66. The average molecular weight is 414 g/mol. The SMILES string of the molecule is CN(C)c1cc(-c2cccc(S(N)(=O)=O)c2-c2ccccc2)cc(N(C)C)c1F. The van der Waals surface area contributed by atoms with Gasteiger partial charge in [-0.3, -0.25) is 0 Å². The molecule has 0 spiro atoms. The number of sulfonamides is 1. The molecule has 0 amide bonds. The van der Waals surface area contributed by atoms with Crippen LogP contribution in [0.3, 0.4) is 0 Å².